The molecule has 0 aliphatic carbocycles. The molecule has 3 rings (SSSR count). The maximum Gasteiger partial charge on any atom is 0.247 e. The molecular formula is C18H18ClN3O2. The highest BCUT2D eigenvalue weighted by Crippen LogP contribution is 2.21. The lowest BCUT2D eigenvalue weighted by molar-refractivity contribution is 0.242. The molecule has 0 atom stereocenters. The van der Waals surface area contributed by atoms with E-state index in [4.69, 9.17) is 20.8 Å². The third-order valence-corrected chi connectivity index (χ3v) is 3.48. The largest absolute Gasteiger partial charge is 0.491 e. The molecule has 0 spiro atoms. The van der Waals surface area contributed by atoms with E-state index in [0.717, 1.165) is 17.0 Å². The van der Waals surface area contributed by atoms with Gasteiger partial charge in [-0.15, -0.1) is 10.2 Å². The van der Waals surface area contributed by atoms with Crippen LogP contribution in [0, 0.1) is 0 Å². The third-order valence-electron chi connectivity index (χ3n) is 3.23. The highest BCUT2D eigenvalue weighted by molar-refractivity contribution is 6.30. The van der Waals surface area contributed by atoms with Gasteiger partial charge in [-0.25, -0.2) is 0 Å². The number of ether oxygens (including phenoxy) is 1. The van der Waals surface area contributed by atoms with E-state index in [1.165, 1.54) is 0 Å². The van der Waals surface area contributed by atoms with Crippen LogP contribution in [0.3, 0.4) is 0 Å². The normalized spacial score (nSPS) is 10.8. The van der Waals surface area contributed by atoms with Gasteiger partial charge in [0.2, 0.25) is 11.8 Å². The summed E-state index contributed by atoms with van der Waals surface area (Å²) in [4.78, 5) is 0. The Morgan fingerprint density at radius 2 is 1.75 bits per heavy atom. The van der Waals surface area contributed by atoms with Crippen molar-refractivity contribution >= 4 is 17.3 Å². The van der Waals surface area contributed by atoms with Crippen molar-refractivity contribution in [1.82, 2.24) is 10.2 Å². The number of hydrogen-bond acceptors (Lipinski definition) is 5. The van der Waals surface area contributed by atoms with E-state index in [1.54, 1.807) is 12.1 Å². The molecule has 0 unspecified atom stereocenters. The van der Waals surface area contributed by atoms with Crippen LogP contribution in [0.25, 0.3) is 11.5 Å². The molecule has 0 radical (unpaired) electrons. The van der Waals surface area contributed by atoms with E-state index in [-0.39, 0.29) is 6.10 Å². The standard InChI is InChI=1S/C18H18ClN3O2/c1-12(2)23-16-9-7-15(8-10-16)20-11-17-21-22-18(24-17)13-3-5-14(19)6-4-13/h3-10,12,20H,11H2,1-2H3. The lowest BCUT2D eigenvalue weighted by Crippen LogP contribution is -2.05. The summed E-state index contributed by atoms with van der Waals surface area (Å²) in [5.74, 6) is 1.84. The number of rotatable bonds is 6. The predicted octanol–water partition coefficient (Wildman–Crippen LogP) is 4.79. The Labute approximate surface area is 145 Å². The summed E-state index contributed by atoms with van der Waals surface area (Å²) in [7, 11) is 0. The smallest absolute Gasteiger partial charge is 0.247 e. The van der Waals surface area contributed by atoms with E-state index >= 15 is 0 Å². The monoisotopic (exact) mass is 343 g/mol. The second-order valence-corrected chi connectivity index (χ2v) is 5.99. The van der Waals surface area contributed by atoms with Crippen LogP contribution in [-0.4, -0.2) is 16.3 Å². The minimum absolute atomic E-state index is 0.161. The Morgan fingerprint density at radius 1 is 1.04 bits per heavy atom. The average molecular weight is 344 g/mol. The highest BCUT2D eigenvalue weighted by Gasteiger charge is 2.08. The molecular weight excluding hydrogens is 326 g/mol. The van der Waals surface area contributed by atoms with Crippen molar-refractivity contribution in [1.29, 1.82) is 0 Å². The van der Waals surface area contributed by atoms with E-state index in [9.17, 15) is 0 Å². The zero-order valence-electron chi connectivity index (χ0n) is 13.5. The van der Waals surface area contributed by atoms with E-state index in [1.807, 2.05) is 50.2 Å². The number of hydrogen-bond donors (Lipinski definition) is 1. The fourth-order valence-electron chi connectivity index (χ4n) is 2.14. The zero-order valence-corrected chi connectivity index (χ0v) is 14.2. The van der Waals surface area contributed by atoms with Gasteiger partial charge < -0.3 is 14.5 Å². The highest BCUT2D eigenvalue weighted by atomic mass is 35.5. The SMILES string of the molecule is CC(C)Oc1ccc(NCc2nnc(-c3ccc(Cl)cc3)o2)cc1. The fourth-order valence-corrected chi connectivity index (χ4v) is 2.26. The molecule has 6 heteroatoms. The molecule has 1 N–H and O–H groups in total. The minimum atomic E-state index is 0.161. The molecule has 3 aromatic rings. The Bertz CT molecular complexity index is 783. The summed E-state index contributed by atoms with van der Waals surface area (Å²) < 4.78 is 11.3. The quantitative estimate of drug-likeness (QED) is 0.697. The van der Waals surface area contributed by atoms with Gasteiger partial charge in [-0.3, -0.25) is 0 Å². The van der Waals surface area contributed by atoms with E-state index < -0.39 is 0 Å². The molecule has 0 fully saturated rings. The third kappa shape index (κ3) is 4.26. The van der Waals surface area contributed by atoms with Gasteiger partial charge in [0.15, 0.2) is 0 Å². The van der Waals surface area contributed by atoms with Crippen molar-refractivity contribution in [3.05, 3.63) is 59.4 Å². The average Bonchev–Trinajstić information content (AvgIpc) is 3.03. The Hall–Kier alpha value is -2.53. The molecule has 24 heavy (non-hydrogen) atoms. The van der Waals surface area contributed by atoms with Gasteiger partial charge in [-0.2, -0.15) is 0 Å². The van der Waals surface area contributed by atoms with Crippen LogP contribution >= 0.6 is 11.6 Å². The van der Waals surface area contributed by atoms with Crippen LogP contribution in [-0.2, 0) is 6.54 Å². The number of nitrogens with one attached hydrogen (secondary N) is 1. The second-order valence-electron chi connectivity index (χ2n) is 5.55. The summed E-state index contributed by atoms with van der Waals surface area (Å²) in [5, 5.41) is 12.0. The Kier molecular flexibility index (Phi) is 5.01. The Balaban J connectivity index is 1.60. The van der Waals surface area contributed by atoms with Gasteiger partial charge in [0.1, 0.15) is 5.75 Å². The molecule has 0 saturated carbocycles. The summed E-state index contributed by atoms with van der Waals surface area (Å²) in [6, 6.07) is 15.0. The molecule has 1 heterocycles. The van der Waals surface area contributed by atoms with Crippen molar-refractivity contribution in [2.24, 2.45) is 0 Å². The zero-order chi connectivity index (χ0) is 16.9. The second kappa shape index (κ2) is 7.36. The predicted molar refractivity (Wildman–Crippen MR) is 94.3 cm³/mol. The number of nitrogens with zero attached hydrogens (tertiary/aromatic N) is 2. The van der Waals surface area contributed by atoms with Crippen molar-refractivity contribution in [2.45, 2.75) is 26.5 Å². The van der Waals surface area contributed by atoms with Gasteiger partial charge >= 0.3 is 0 Å². The Morgan fingerprint density at radius 3 is 2.42 bits per heavy atom. The lowest BCUT2D eigenvalue weighted by atomic mass is 10.2. The first-order valence-electron chi connectivity index (χ1n) is 7.69. The molecule has 1 aromatic heterocycles. The van der Waals surface area contributed by atoms with Crippen molar-refractivity contribution in [3.63, 3.8) is 0 Å². The minimum Gasteiger partial charge on any atom is -0.491 e. The number of benzene rings is 2. The number of halogens is 1. The van der Waals surface area contributed by atoms with Crippen LogP contribution in [0.15, 0.2) is 52.9 Å². The van der Waals surface area contributed by atoms with Gasteiger partial charge in [-0.1, -0.05) is 11.6 Å². The topological polar surface area (TPSA) is 60.2 Å². The molecule has 0 amide bonds. The van der Waals surface area contributed by atoms with Crippen molar-refractivity contribution < 1.29 is 9.15 Å². The molecule has 0 aliphatic heterocycles. The van der Waals surface area contributed by atoms with Crippen molar-refractivity contribution in [2.75, 3.05) is 5.32 Å². The molecule has 2 aromatic carbocycles. The van der Waals surface area contributed by atoms with Crippen LogP contribution in [0.2, 0.25) is 5.02 Å². The molecule has 124 valence electrons. The van der Waals surface area contributed by atoms with Crippen LogP contribution in [0.5, 0.6) is 5.75 Å². The molecule has 0 saturated heterocycles. The van der Waals surface area contributed by atoms with Crippen LogP contribution < -0.4 is 10.1 Å². The number of anilines is 1. The first kappa shape index (κ1) is 16.3. The lowest BCUT2D eigenvalue weighted by Gasteiger charge is -2.10. The first-order chi connectivity index (χ1) is 11.6. The van der Waals surface area contributed by atoms with Gasteiger partial charge in [0.05, 0.1) is 12.6 Å². The summed E-state index contributed by atoms with van der Waals surface area (Å²) in [5.41, 5.74) is 1.80. The van der Waals surface area contributed by atoms with Crippen molar-refractivity contribution in [3.8, 4) is 17.2 Å². The summed E-state index contributed by atoms with van der Waals surface area (Å²) >= 11 is 5.88. The summed E-state index contributed by atoms with van der Waals surface area (Å²) in [6.45, 7) is 4.45. The van der Waals surface area contributed by atoms with Gasteiger partial charge in [0, 0.05) is 16.3 Å². The molecule has 5 nitrogen and oxygen atoms in total. The maximum absolute atomic E-state index is 5.88. The van der Waals surface area contributed by atoms with Crippen LogP contribution in [0.4, 0.5) is 5.69 Å². The van der Waals surface area contributed by atoms with E-state index in [2.05, 4.69) is 15.5 Å². The molecule has 0 bridgehead atoms. The van der Waals surface area contributed by atoms with Gasteiger partial charge in [-0.05, 0) is 62.4 Å². The summed E-state index contributed by atoms with van der Waals surface area (Å²) in [6.07, 6.45) is 0.161. The molecule has 0 aliphatic rings. The maximum atomic E-state index is 5.88. The number of aromatic nitrogens is 2. The van der Waals surface area contributed by atoms with E-state index in [0.29, 0.717) is 23.3 Å². The fraction of sp³-hybridized carbons (Fsp3) is 0.222. The van der Waals surface area contributed by atoms with Crippen LogP contribution in [0.1, 0.15) is 19.7 Å². The van der Waals surface area contributed by atoms with Gasteiger partial charge in [0.25, 0.3) is 0 Å². The first-order valence-corrected chi connectivity index (χ1v) is 8.07.